The van der Waals surface area contributed by atoms with E-state index in [1.807, 2.05) is 78.9 Å². The van der Waals surface area contributed by atoms with Gasteiger partial charge < -0.3 is 4.74 Å². The number of benzene rings is 3. The van der Waals surface area contributed by atoms with Crippen LogP contribution in [0, 0.1) is 0 Å². The zero-order chi connectivity index (χ0) is 19.1. The smallest absolute Gasteiger partial charge is 0.330 e. The second-order valence-electron chi connectivity index (χ2n) is 6.08. The van der Waals surface area contributed by atoms with E-state index in [2.05, 4.69) is 0 Å². The van der Waals surface area contributed by atoms with Crippen molar-refractivity contribution in [2.75, 3.05) is 7.11 Å². The molecule has 3 aromatic carbocycles. The van der Waals surface area contributed by atoms with Crippen LogP contribution in [0.15, 0.2) is 89.9 Å². The third kappa shape index (κ3) is 5.05. The van der Waals surface area contributed by atoms with E-state index in [1.165, 1.54) is 7.11 Å². The Bertz CT molecular complexity index is 882. The number of hydrogen-bond donors (Lipinski definition) is 0. The minimum atomic E-state index is -0.663. The fourth-order valence-electron chi connectivity index (χ4n) is 2.87. The lowest BCUT2D eigenvalue weighted by molar-refractivity contribution is -0.142. The third-order valence-electron chi connectivity index (χ3n) is 4.17. The highest BCUT2D eigenvalue weighted by Crippen LogP contribution is 2.17. The predicted molar refractivity (Wildman–Crippen MR) is 109 cm³/mol. The van der Waals surface area contributed by atoms with Gasteiger partial charge in [-0.15, -0.1) is 0 Å². The molecule has 1 atom stereocenters. The first-order chi connectivity index (χ1) is 13.2. The van der Waals surface area contributed by atoms with Gasteiger partial charge in [-0.2, -0.15) is 0 Å². The summed E-state index contributed by atoms with van der Waals surface area (Å²) >= 11 is 6.09. The molecule has 0 amide bonds. The Morgan fingerprint density at radius 3 is 2.04 bits per heavy atom. The molecule has 1 unspecified atom stereocenters. The van der Waals surface area contributed by atoms with E-state index in [9.17, 15) is 4.79 Å². The Hall–Kier alpha value is -2.91. The maximum atomic E-state index is 12.4. The Morgan fingerprint density at radius 2 is 1.52 bits per heavy atom. The van der Waals surface area contributed by atoms with Gasteiger partial charge in [0.15, 0.2) is 6.04 Å². The van der Waals surface area contributed by atoms with Gasteiger partial charge >= 0.3 is 5.97 Å². The van der Waals surface area contributed by atoms with Crippen molar-refractivity contribution in [2.24, 2.45) is 4.99 Å². The summed E-state index contributed by atoms with van der Waals surface area (Å²) in [5.74, 6) is -0.376. The molecule has 0 heterocycles. The lowest BCUT2D eigenvalue weighted by Gasteiger charge is -2.15. The molecule has 3 aromatic rings. The molecule has 3 nitrogen and oxygen atoms in total. The third-order valence-corrected chi connectivity index (χ3v) is 4.41. The van der Waals surface area contributed by atoms with Crippen molar-refractivity contribution in [3.8, 4) is 0 Å². The van der Waals surface area contributed by atoms with Crippen LogP contribution < -0.4 is 0 Å². The summed E-state index contributed by atoms with van der Waals surface area (Å²) in [7, 11) is 1.38. The molecule has 0 aliphatic rings. The van der Waals surface area contributed by atoms with E-state index in [1.54, 1.807) is 6.07 Å². The molecule has 0 radical (unpaired) electrons. The van der Waals surface area contributed by atoms with E-state index in [4.69, 9.17) is 21.3 Å². The van der Waals surface area contributed by atoms with Crippen LogP contribution >= 0.6 is 11.6 Å². The van der Waals surface area contributed by atoms with Crippen LogP contribution in [-0.4, -0.2) is 24.8 Å². The molecule has 27 heavy (non-hydrogen) atoms. The molecule has 0 saturated heterocycles. The van der Waals surface area contributed by atoms with Crippen molar-refractivity contribution in [1.29, 1.82) is 0 Å². The molecule has 0 N–H and O–H groups in total. The Morgan fingerprint density at radius 1 is 0.926 bits per heavy atom. The Balaban J connectivity index is 2.04. The highest BCUT2D eigenvalue weighted by atomic mass is 35.5. The van der Waals surface area contributed by atoms with Crippen molar-refractivity contribution < 1.29 is 9.53 Å². The van der Waals surface area contributed by atoms with Gasteiger partial charge in [-0.05, 0) is 17.7 Å². The molecule has 0 saturated carbocycles. The summed E-state index contributed by atoms with van der Waals surface area (Å²) in [6.07, 6.45) is 0.413. The Kier molecular flexibility index (Phi) is 6.39. The number of hydrogen-bond acceptors (Lipinski definition) is 3. The topological polar surface area (TPSA) is 38.7 Å². The lowest BCUT2D eigenvalue weighted by Crippen LogP contribution is -2.25. The van der Waals surface area contributed by atoms with Crippen LogP contribution in [0.5, 0.6) is 0 Å². The highest BCUT2D eigenvalue weighted by molar-refractivity contribution is 6.30. The maximum absolute atomic E-state index is 12.4. The van der Waals surface area contributed by atoms with E-state index >= 15 is 0 Å². The van der Waals surface area contributed by atoms with Gasteiger partial charge in [0.1, 0.15) is 0 Å². The van der Waals surface area contributed by atoms with Crippen LogP contribution in [0.1, 0.15) is 16.7 Å². The van der Waals surface area contributed by atoms with Crippen molar-refractivity contribution in [1.82, 2.24) is 0 Å². The molecule has 3 rings (SSSR count). The first-order valence-electron chi connectivity index (χ1n) is 8.68. The second kappa shape index (κ2) is 9.15. The van der Waals surface area contributed by atoms with Crippen molar-refractivity contribution in [2.45, 2.75) is 12.5 Å². The summed E-state index contributed by atoms with van der Waals surface area (Å²) in [4.78, 5) is 17.2. The molecule has 0 spiro atoms. The van der Waals surface area contributed by atoms with E-state index in [0.717, 1.165) is 22.4 Å². The second-order valence-corrected chi connectivity index (χ2v) is 6.52. The number of carbonyl (C=O) groups is 1. The van der Waals surface area contributed by atoms with Gasteiger partial charge in [0.05, 0.1) is 12.8 Å². The van der Waals surface area contributed by atoms with E-state index in [0.29, 0.717) is 11.4 Å². The van der Waals surface area contributed by atoms with Crippen LogP contribution in [0.4, 0.5) is 0 Å². The molecule has 136 valence electrons. The molecule has 0 aliphatic carbocycles. The summed E-state index contributed by atoms with van der Waals surface area (Å²) in [6, 6.07) is 26.5. The molecular weight excluding hydrogens is 358 g/mol. The molecule has 0 aliphatic heterocycles. The standard InChI is InChI=1S/C23H20ClNO2/c1-27-23(26)21(16-17-9-8-14-20(24)15-17)25-22(18-10-4-2-5-11-18)19-12-6-3-7-13-19/h2-15,21H,16H2,1H3. The van der Waals surface area contributed by atoms with Crippen molar-refractivity contribution in [3.05, 3.63) is 107 Å². The number of methoxy groups -OCH3 is 1. The van der Waals surface area contributed by atoms with Gasteiger partial charge in [-0.25, -0.2) is 4.79 Å². The largest absolute Gasteiger partial charge is 0.467 e. The average Bonchev–Trinajstić information content (AvgIpc) is 2.72. The number of ether oxygens (including phenoxy) is 1. The fraction of sp³-hybridized carbons (Fsp3) is 0.130. The SMILES string of the molecule is COC(=O)C(Cc1cccc(Cl)c1)N=C(c1ccccc1)c1ccccc1. The average molecular weight is 378 g/mol. The number of rotatable bonds is 6. The van der Waals surface area contributed by atoms with E-state index < -0.39 is 6.04 Å². The quantitative estimate of drug-likeness (QED) is 0.449. The van der Waals surface area contributed by atoms with Gasteiger partial charge in [0.2, 0.25) is 0 Å². The number of esters is 1. The van der Waals surface area contributed by atoms with Crippen LogP contribution in [0.25, 0.3) is 0 Å². The van der Waals surface area contributed by atoms with Crippen LogP contribution in [0.2, 0.25) is 5.02 Å². The number of aliphatic imine (C=N–C) groups is 1. The predicted octanol–water partition coefficient (Wildman–Crippen LogP) is 4.96. The minimum Gasteiger partial charge on any atom is -0.467 e. The highest BCUT2D eigenvalue weighted by Gasteiger charge is 2.21. The van der Waals surface area contributed by atoms with Gasteiger partial charge in [-0.1, -0.05) is 84.4 Å². The lowest BCUT2D eigenvalue weighted by atomic mass is 10.0. The Labute approximate surface area is 164 Å². The molecule has 0 bridgehead atoms. The molecule has 4 heteroatoms. The normalized spacial score (nSPS) is 11.5. The fourth-order valence-corrected chi connectivity index (χ4v) is 3.08. The van der Waals surface area contributed by atoms with Gasteiger partial charge in [-0.3, -0.25) is 4.99 Å². The van der Waals surface area contributed by atoms with Crippen molar-refractivity contribution >= 4 is 23.3 Å². The molecular formula is C23H20ClNO2. The zero-order valence-corrected chi connectivity index (χ0v) is 15.8. The van der Waals surface area contributed by atoms with Gasteiger partial charge in [0, 0.05) is 22.6 Å². The first-order valence-corrected chi connectivity index (χ1v) is 9.06. The number of carbonyl (C=O) groups excluding carboxylic acids is 1. The van der Waals surface area contributed by atoms with Gasteiger partial charge in [0.25, 0.3) is 0 Å². The zero-order valence-electron chi connectivity index (χ0n) is 15.0. The maximum Gasteiger partial charge on any atom is 0.330 e. The number of nitrogens with zero attached hydrogens (tertiary/aromatic N) is 1. The monoisotopic (exact) mass is 377 g/mol. The molecule has 0 fully saturated rings. The molecule has 0 aromatic heterocycles. The summed E-state index contributed by atoms with van der Waals surface area (Å²) in [5, 5.41) is 0.631. The summed E-state index contributed by atoms with van der Waals surface area (Å²) in [5.41, 5.74) is 3.59. The van der Waals surface area contributed by atoms with Crippen LogP contribution in [-0.2, 0) is 16.0 Å². The summed E-state index contributed by atoms with van der Waals surface area (Å²) < 4.78 is 5.01. The van der Waals surface area contributed by atoms with Crippen LogP contribution in [0.3, 0.4) is 0 Å². The minimum absolute atomic E-state index is 0.376. The summed E-state index contributed by atoms with van der Waals surface area (Å²) in [6.45, 7) is 0. The first kappa shape index (κ1) is 18.9. The number of halogens is 1. The van der Waals surface area contributed by atoms with Crippen molar-refractivity contribution in [3.63, 3.8) is 0 Å². The van der Waals surface area contributed by atoms with E-state index in [-0.39, 0.29) is 5.97 Å².